The van der Waals surface area contributed by atoms with Crippen molar-refractivity contribution in [2.75, 3.05) is 36.3 Å². The zero-order chi connectivity index (χ0) is 21.0. The number of anilines is 3. The Hall–Kier alpha value is -3.55. The molecule has 29 heavy (non-hydrogen) atoms. The fourth-order valence-electron chi connectivity index (χ4n) is 3.22. The average molecular weight is 397 g/mol. The Morgan fingerprint density at radius 2 is 1.76 bits per heavy atom. The molecule has 0 radical (unpaired) electrons. The summed E-state index contributed by atoms with van der Waals surface area (Å²) in [5.41, 5.74) is 1.69. The summed E-state index contributed by atoms with van der Waals surface area (Å²) >= 11 is 0. The molecular weight excluding hydrogens is 374 g/mol. The van der Waals surface area contributed by atoms with Crippen molar-refractivity contribution in [3.8, 4) is 11.5 Å². The van der Waals surface area contributed by atoms with E-state index in [0.717, 1.165) is 5.69 Å². The minimum atomic E-state index is -0.501. The Morgan fingerprint density at radius 1 is 1.03 bits per heavy atom. The largest absolute Gasteiger partial charge is 0.497 e. The molecule has 0 aromatic heterocycles. The van der Waals surface area contributed by atoms with Crippen LogP contribution in [0, 0.1) is 5.92 Å². The van der Waals surface area contributed by atoms with Crippen LogP contribution in [0.2, 0.25) is 0 Å². The van der Waals surface area contributed by atoms with Crippen LogP contribution in [0.1, 0.15) is 13.3 Å². The Balaban J connectivity index is 1.72. The highest BCUT2D eigenvalue weighted by Crippen LogP contribution is 2.31. The summed E-state index contributed by atoms with van der Waals surface area (Å²) in [6.45, 7) is 1.69. The number of amides is 3. The molecule has 1 saturated heterocycles. The maximum absolute atomic E-state index is 12.8. The number of carbonyl (C=O) groups is 3. The van der Waals surface area contributed by atoms with E-state index in [9.17, 15) is 14.4 Å². The molecule has 1 fully saturated rings. The second-order valence-corrected chi connectivity index (χ2v) is 6.69. The number of benzene rings is 2. The molecule has 152 valence electrons. The first-order valence-corrected chi connectivity index (χ1v) is 9.12. The third kappa shape index (κ3) is 4.66. The fourth-order valence-corrected chi connectivity index (χ4v) is 3.22. The molecule has 1 heterocycles. The summed E-state index contributed by atoms with van der Waals surface area (Å²) in [5, 5.41) is 5.48. The predicted molar refractivity (Wildman–Crippen MR) is 109 cm³/mol. The van der Waals surface area contributed by atoms with Gasteiger partial charge in [0, 0.05) is 31.3 Å². The van der Waals surface area contributed by atoms with Gasteiger partial charge in [-0.05, 0) is 42.5 Å². The summed E-state index contributed by atoms with van der Waals surface area (Å²) in [7, 11) is 3.07. The molecule has 0 spiro atoms. The standard InChI is InChI=1S/C21H23N3O5/c1-13(25)22-15-4-9-19(29-3)18(11-15)23-21(27)14-10-20(26)24(12-14)16-5-7-17(28-2)8-6-16/h4-9,11,14H,10,12H2,1-3H3,(H,22,25)(H,23,27)/t14-/m0/s1. The second-order valence-electron chi connectivity index (χ2n) is 6.69. The van der Waals surface area contributed by atoms with Crippen molar-refractivity contribution in [2.45, 2.75) is 13.3 Å². The molecule has 8 nitrogen and oxygen atoms in total. The first-order valence-electron chi connectivity index (χ1n) is 9.12. The summed E-state index contributed by atoms with van der Waals surface area (Å²) in [6.07, 6.45) is 0.117. The average Bonchev–Trinajstić information content (AvgIpc) is 3.09. The van der Waals surface area contributed by atoms with Crippen LogP contribution in [0.3, 0.4) is 0 Å². The van der Waals surface area contributed by atoms with Crippen LogP contribution in [0.4, 0.5) is 17.1 Å². The van der Waals surface area contributed by atoms with E-state index < -0.39 is 5.92 Å². The normalized spacial score (nSPS) is 15.8. The lowest BCUT2D eigenvalue weighted by atomic mass is 10.1. The van der Waals surface area contributed by atoms with Gasteiger partial charge >= 0.3 is 0 Å². The topological polar surface area (TPSA) is 97.0 Å². The SMILES string of the molecule is COc1ccc(N2C[C@@H](C(=O)Nc3cc(NC(C)=O)ccc3OC)CC2=O)cc1. The van der Waals surface area contributed by atoms with E-state index in [-0.39, 0.29) is 30.7 Å². The van der Waals surface area contributed by atoms with Gasteiger partial charge in [0.25, 0.3) is 0 Å². The molecule has 0 bridgehead atoms. The first-order chi connectivity index (χ1) is 13.9. The van der Waals surface area contributed by atoms with Gasteiger partial charge in [-0.3, -0.25) is 14.4 Å². The van der Waals surface area contributed by atoms with Gasteiger partial charge in [0.05, 0.1) is 25.8 Å². The van der Waals surface area contributed by atoms with E-state index in [0.29, 0.717) is 22.9 Å². The van der Waals surface area contributed by atoms with Crippen molar-refractivity contribution in [1.29, 1.82) is 0 Å². The highest BCUT2D eigenvalue weighted by atomic mass is 16.5. The Bertz CT molecular complexity index is 926. The van der Waals surface area contributed by atoms with Crippen molar-refractivity contribution >= 4 is 34.8 Å². The number of nitrogens with one attached hydrogen (secondary N) is 2. The van der Waals surface area contributed by atoms with E-state index >= 15 is 0 Å². The zero-order valence-corrected chi connectivity index (χ0v) is 16.5. The quantitative estimate of drug-likeness (QED) is 0.781. The number of ether oxygens (including phenoxy) is 2. The van der Waals surface area contributed by atoms with Crippen molar-refractivity contribution in [3.05, 3.63) is 42.5 Å². The molecule has 1 atom stereocenters. The van der Waals surface area contributed by atoms with Crippen LogP contribution in [0.25, 0.3) is 0 Å². The molecule has 2 aromatic carbocycles. The van der Waals surface area contributed by atoms with Gasteiger partial charge in [0.1, 0.15) is 11.5 Å². The maximum Gasteiger partial charge on any atom is 0.229 e. The third-order valence-electron chi connectivity index (χ3n) is 4.66. The number of hydrogen-bond donors (Lipinski definition) is 2. The summed E-state index contributed by atoms with van der Waals surface area (Å²) in [4.78, 5) is 38.1. The molecule has 2 aromatic rings. The van der Waals surface area contributed by atoms with Gasteiger partial charge in [-0.25, -0.2) is 0 Å². The van der Waals surface area contributed by atoms with E-state index in [1.165, 1.54) is 14.0 Å². The first kappa shape index (κ1) is 20.2. The van der Waals surface area contributed by atoms with Gasteiger partial charge < -0.3 is 25.0 Å². The molecular formula is C21H23N3O5. The van der Waals surface area contributed by atoms with Crippen molar-refractivity contribution in [1.82, 2.24) is 0 Å². The summed E-state index contributed by atoms with van der Waals surface area (Å²) in [6, 6.07) is 12.1. The van der Waals surface area contributed by atoms with Gasteiger partial charge in [0.15, 0.2) is 0 Å². The number of methoxy groups -OCH3 is 2. The van der Waals surface area contributed by atoms with E-state index in [1.807, 2.05) is 0 Å². The zero-order valence-electron chi connectivity index (χ0n) is 16.5. The van der Waals surface area contributed by atoms with Crippen LogP contribution in [0.15, 0.2) is 42.5 Å². The smallest absolute Gasteiger partial charge is 0.229 e. The summed E-state index contributed by atoms with van der Waals surface area (Å²) in [5.74, 6) is 0.0363. The molecule has 0 saturated carbocycles. The molecule has 3 amide bonds. The molecule has 2 N–H and O–H groups in total. The predicted octanol–water partition coefficient (Wildman–Crippen LogP) is 2.65. The Kier molecular flexibility index (Phi) is 6.01. The molecule has 0 unspecified atom stereocenters. The number of nitrogens with zero attached hydrogens (tertiary/aromatic N) is 1. The van der Waals surface area contributed by atoms with Crippen molar-refractivity contribution < 1.29 is 23.9 Å². The maximum atomic E-state index is 12.8. The van der Waals surface area contributed by atoms with Crippen LogP contribution in [0.5, 0.6) is 11.5 Å². The summed E-state index contributed by atoms with van der Waals surface area (Å²) < 4.78 is 10.4. The van der Waals surface area contributed by atoms with Crippen LogP contribution < -0.4 is 25.0 Å². The molecule has 3 rings (SSSR count). The number of rotatable bonds is 6. The molecule has 8 heteroatoms. The van der Waals surface area contributed by atoms with Gasteiger partial charge in [-0.15, -0.1) is 0 Å². The lowest BCUT2D eigenvalue weighted by Crippen LogP contribution is -2.28. The Morgan fingerprint density at radius 3 is 2.38 bits per heavy atom. The van der Waals surface area contributed by atoms with Gasteiger partial charge in [0.2, 0.25) is 17.7 Å². The number of hydrogen-bond acceptors (Lipinski definition) is 5. The minimum absolute atomic E-state index is 0.116. The lowest BCUT2D eigenvalue weighted by molar-refractivity contribution is -0.122. The highest BCUT2D eigenvalue weighted by molar-refractivity contribution is 6.04. The van der Waals surface area contributed by atoms with E-state index in [1.54, 1.807) is 54.5 Å². The van der Waals surface area contributed by atoms with E-state index in [4.69, 9.17) is 9.47 Å². The number of carbonyl (C=O) groups excluding carboxylic acids is 3. The van der Waals surface area contributed by atoms with Crippen molar-refractivity contribution in [3.63, 3.8) is 0 Å². The highest BCUT2D eigenvalue weighted by Gasteiger charge is 2.35. The van der Waals surface area contributed by atoms with Crippen molar-refractivity contribution in [2.24, 2.45) is 5.92 Å². The van der Waals surface area contributed by atoms with Gasteiger partial charge in [-0.1, -0.05) is 0 Å². The third-order valence-corrected chi connectivity index (χ3v) is 4.66. The van der Waals surface area contributed by atoms with Gasteiger partial charge in [-0.2, -0.15) is 0 Å². The molecule has 0 aliphatic carbocycles. The lowest BCUT2D eigenvalue weighted by Gasteiger charge is -2.17. The fraction of sp³-hybridized carbons (Fsp3) is 0.286. The Labute approximate surface area is 168 Å². The van der Waals surface area contributed by atoms with Crippen LogP contribution in [-0.2, 0) is 14.4 Å². The van der Waals surface area contributed by atoms with E-state index in [2.05, 4.69) is 10.6 Å². The molecule has 1 aliphatic rings. The second kappa shape index (κ2) is 8.64. The van der Waals surface area contributed by atoms with Crippen LogP contribution >= 0.6 is 0 Å². The monoisotopic (exact) mass is 397 g/mol. The minimum Gasteiger partial charge on any atom is -0.497 e. The van der Waals surface area contributed by atoms with Crippen LogP contribution in [-0.4, -0.2) is 38.5 Å². The molecule has 1 aliphatic heterocycles.